The summed E-state index contributed by atoms with van der Waals surface area (Å²) in [5, 5.41) is 21.9. The fourth-order valence-electron chi connectivity index (χ4n) is 2.43. The quantitative estimate of drug-likeness (QED) is 0.695. The van der Waals surface area contributed by atoms with E-state index < -0.39 is 24.3 Å². The molecule has 2 rings (SSSR count). The molecule has 140 valence electrons. The van der Waals surface area contributed by atoms with E-state index in [2.05, 4.69) is 5.32 Å². The number of aromatic hydroxyl groups is 1. The van der Waals surface area contributed by atoms with Gasteiger partial charge in [0.15, 0.2) is 0 Å². The van der Waals surface area contributed by atoms with Gasteiger partial charge < -0.3 is 24.8 Å². The van der Waals surface area contributed by atoms with Crippen LogP contribution in [0.3, 0.4) is 0 Å². The lowest BCUT2D eigenvalue weighted by atomic mass is 9.76. The van der Waals surface area contributed by atoms with E-state index in [9.17, 15) is 14.7 Å². The predicted octanol–water partition coefficient (Wildman–Crippen LogP) is 2.24. The zero-order chi connectivity index (χ0) is 19.7. The minimum absolute atomic E-state index is 0.0434. The monoisotopic (exact) mass is 361 g/mol. The molecule has 0 radical (unpaired) electrons. The van der Waals surface area contributed by atoms with Crippen molar-refractivity contribution in [2.45, 2.75) is 45.8 Å². The topological polar surface area (TPSA) is 105 Å². The van der Waals surface area contributed by atoms with Gasteiger partial charge in [-0.25, -0.2) is 4.79 Å². The number of carbonyl (C=O) groups excluding carboxylic acids is 1. The lowest BCUT2D eigenvalue weighted by Gasteiger charge is -2.32. The minimum Gasteiger partial charge on any atom is -0.507 e. The summed E-state index contributed by atoms with van der Waals surface area (Å²) in [6, 6.07) is 3.99. The number of carbonyl (C=O) groups is 2. The van der Waals surface area contributed by atoms with Crippen molar-refractivity contribution in [3.8, 4) is 5.75 Å². The number of benzene rings is 1. The van der Waals surface area contributed by atoms with Crippen molar-refractivity contribution in [3.05, 3.63) is 34.8 Å². The van der Waals surface area contributed by atoms with Gasteiger partial charge in [-0.2, -0.15) is 0 Å². The maximum Gasteiger partial charge on any atom is 0.492 e. The number of phenolic OH excluding ortho intramolecular Hbond substituents is 1. The number of carboxylic acids is 1. The van der Waals surface area contributed by atoms with Gasteiger partial charge in [0, 0.05) is 19.0 Å². The first-order chi connectivity index (χ1) is 11.9. The van der Waals surface area contributed by atoms with Crippen LogP contribution in [0.4, 0.5) is 0 Å². The molecule has 26 heavy (non-hydrogen) atoms. The molecule has 1 amide bonds. The Balaban J connectivity index is 2.42. The maximum atomic E-state index is 11.3. The number of phenols is 1. The van der Waals surface area contributed by atoms with Crippen LogP contribution in [0.1, 0.15) is 50.5 Å². The van der Waals surface area contributed by atoms with Gasteiger partial charge in [-0.1, -0.05) is 6.08 Å². The van der Waals surface area contributed by atoms with Gasteiger partial charge in [0.2, 0.25) is 5.91 Å². The zero-order valence-corrected chi connectivity index (χ0v) is 15.6. The van der Waals surface area contributed by atoms with Crippen LogP contribution in [-0.2, 0) is 14.1 Å². The number of hydrogen-bond donors (Lipinski definition) is 3. The second-order valence-corrected chi connectivity index (χ2v) is 7.30. The van der Waals surface area contributed by atoms with Crippen LogP contribution < -0.4 is 5.32 Å². The van der Waals surface area contributed by atoms with Gasteiger partial charge in [-0.05, 0) is 51.4 Å². The van der Waals surface area contributed by atoms with Crippen LogP contribution in [0.2, 0.25) is 0 Å². The van der Waals surface area contributed by atoms with Gasteiger partial charge in [-0.15, -0.1) is 0 Å². The molecular formula is C18H24BNO6. The van der Waals surface area contributed by atoms with E-state index in [1.807, 2.05) is 27.7 Å². The van der Waals surface area contributed by atoms with Gasteiger partial charge in [0.1, 0.15) is 5.75 Å². The normalized spacial score (nSPS) is 18.7. The average Bonchev–Trinajstić information content (AvgIpc) is 2.72. The molecule has 1 aromatic rings. The lowest BCUT2D eigenvalue weighted by molar-refractivity contribution is -0.118. The van der Waals surface area contributed by atoms with Gasteiger partial charge >= 0.3 is 13.1 Å². The summed E-state index contributed by atoms with van der Waals surface area (Å²) in [5.41, 5.74) is -0.228. The third kappa shape index (κ3) is 4.26. The van der Waals surface area contributed by atoms with E-state index in [4.69, 9.17) is 14.4 Å². The van der Waals surface area contributed by atoms with E-state index in [1.165, 1.54) is 25.1 Å². The summed E-state index contributed by atoms with van der Waals surface area (Å²) in [5.74, 6) is -1.40. The second-order valence-electron chi connectivity index (χ2n) is 7.30. The highest BCUT2D eigenvalue weighted by molar-refractivity contribution is 6.56. The summed E-state index contributed by atoms with van der Waals surface area (Å²) < 4.78 is 12.0. The Labute approximate surface area is 153 Å². The summed E-state index contributed by atoms with van der Waals surface area (Å²) in [7, 11) is -0.736. The zero-order valence-electron chi connectivity index (χ0n) is 15.6. The third-order valence-corrected chi connectivity index (χ3v) is 4.71. The Kier molecular flexibility index (Phi) is 5.48. The molecular weight excluding hydrogens is 337 g/mol. The third-order valence-electron chi connectivity index (χ3n) is 4.71. The van der Waals surface area contributed by atoms with Crippen molar-refractivity contribution in [1.82, 2.24) is 5.32 Å². The molecule has 1 saturated heterocycles. The molecule has 0 aliphatic carbocycles. The molecule has 8 heteroatoms. The standard InChI is InChI=1S/C18H24BNO6/c1-11(21)20-10-14(19-25-17(2,3)18(4,5)26-19)9-13-8-12(16(23)24)6-7-15(13)22/h6-9,22H,10H2,1-5H3,(H,20,21)(H,23,24). The van der Waals surface area contributed by atoms with Gasteiger partial charge in [-0.3, -0.25) is 4.79 Å². The van der Waals surface area contributed by atoms with Crippen LogP contribution in [0.15, 0.2) is 23.7 Å². The van der Waals surface area contributed by atoms with E-state index in [-0.39, 0.29) is 23.8 Å². The summed E-state index contributed by atoms with van der Waals surface area (Å²) in [6.07, 6.45) is 1.58. The first-order valence-electron chi connectivity index (χ1n) is 8.30. The predicted molar refractivity (Wildman–Crippen MR) is 97.8 cm³/mol. The molecule has 1 aliphatic rings. The van der Waals surface area contributed by atoms with E-state index in [1.54, 1.807) is 6.08 Å². The first-order valence-corrected chi connectivity index (χ1v) is 8.30. The molecule has 0 atom stereocenters. The fourth-order valence-corrected chi connectivity index (χ4v) is 2.43. The van der Waals surface area contributed by atoms with Crippen molar-refractivity contribution in [3.63, 3.8) is 0 Å². The Morgan fingerprint density at radius 3 is 2.27 bits per heavy atom. The summed E-state index contributed by atoms with van der Waals surface area (Å²) in [6.45, 7) is 9.17. The summed E-state index contributed by atoms with van der Waals surface area (Å²) in [4.78, 5) is 22.5. The van der Waals surface area contributed by atoms with Crippen LogP contribution in [-0.4, -0.2) is 47.0 Å². The van der Waals surface area contributed by atoms with Crippen molar-refractivity contribution >= 4 is 25.1 Å². The van der Waals surface area contributed by atoms with Crippen LogP contribution in [0.5, 0.6) is 5.75 Å². The molecule has 1 aromatic carbocycles. The number of hydrogen-bond acceptors (Lipinski definition) is 5. The number of nitrogens with one attached hydrogen (secondary N) is 1. The number of amides is 1. The Hall–Kier alpha value is -2.32. The SMILES string of the molecule is CC(=O)NCC(=Cc1cc(C(=O)O)ccc1O)B1OC(C)(C)C(C)(C)O1. The average molecular weight is 361 g/mol. The van der Waals surface area contributed by atoms with Gasteiger partial charge in [0.05, 0.1) is 16.8 Å². The smallest absolute Gasteiger partial charge is 0.492 e. The highest BCUT2D eigenvalue weighted by Gasteiger charge is 2.52. The molecule has 0 bridgehead atoms. The van der Waals surface area contributed by atoms with Crippen molar-refractivity contribution in [2.24, 2.45) is 0 Å². The highest BCUT2D eigenvalue weighted by atomic mass is 16.7. The molecule has 1 heterocycles. The molecule has 3 N–H and O–H groups in total. The maximum absolute atomic E-state index is 11.3. The Morgan fingerprint density at radius 1 is 1.19 bits per heavy atom. The van der Waals surface area contributed by atoms with Crippen molar-refractivity contribution in [1.29, 1.82) is 0 Å². The lowest BCUT2D eigenvalue weighted by Crippen LogP contribution is -2.41. The van der Waals surface area contributed by atoms with Crippen molar-refractivity contribution in [2.75, 3.05) is 6.54 Å². The summed E-state index contributed by atoms with van der Waals surface area (Å²) >= 11 is 0. The van der Waals surface area contributed by atoms with Crippen LogP contribution >= 0.6 is 0 Å². The molecule has 0 saturated carbocycles. The molecule has 0 aromatic heterocycles. The molecule has 1 fully saturated rings. The van der Waals surface area contributed by atoms with Crippen LogP contribution in [0.25, 0.3) is 6.08 Å². The molecule has 0 unspecified atom stereocenters. The second kappa shape index (κ2) is 7.13. The highest BCUT2D eigenvalue weighted by Crippen LogP contribution is 2.39. The van der Waals surface area contributed by atoms with E-state index in [0.717, 1.165) is 0 Å². The molecule has 1 aliphatic heterocycles. The fraction of sp³-hybridized carbons (Fsp3) is 0.444. The molecule has 0 spiro atoms. The largest absolute Gasteiger partial charge is 0.507 e. The molecule has 7 nitrogen and oxygen atoms in total. The number of rotatable bonds is 5. The van der Waals surface area contributed by atoms with Gasteiger partial charge in [0.25, 0.3) is 0 Å². The Bertz CT molecular complexity index is 740. The first kappa shape index (κ1) is 20.0. The number of carboxylic acid groups (broad SMARTS) is 1. The van der Waals surface area contributed by atoms with Crippen molar-refractivity contribution < 1.29 is 29.1 Å². The van der Waals surface area contributed by atoms with Crippen LogP contribution in [0, 0.1) is 0 Å². The van der Waals surface area contributed by atoms with E-state index in [0.29, 0.717) is 11.0 Å². The van der Waals surface area contributed by atoms with E-state index >= 15 is 0 Å². The number of aromatic carboxylic acids is 1. The minimum atomic E-state index is -1.10. The Morgan fingerprint density at radius 2 is 1.77 bits per heavy atom.